The van der Waals surface area contributed by atoms with Gasteiger partial charge in [-0.25, -0.2) is 0 Å². The van der Waals surface area contributed by atoms with E-state index in [-0.39, 0.29) is 0 Å². The predicted octanol–water partition coefficient (Wildman–Crippen LogP) is 7.75. The van der Waals surface area contributed by atoms with Crippen LogP contribution in [0.3, 0.4) is 0 Å². The first kappa shape index (κ1) is 16.9. The molecule has 5 aromatic rings. The van der Waals surface area contributed by atoms with Gasteiger partial charge in [-0.2, -0.15) is 0 Å². The molecular formula is C26H18ClN. The van der Waals surface area contributed by atoms with Crippen molar-refractivity contribution in [3.8, 4) is 16.8 Å². The molecule has 5 rings (SSSR count). The highest BCUT2D eigenvalue weighted by Gasteiger charge is 2.13. The number of fused-ring (bicyclic) bond motifs is 3. The normalized spacial score (nSPS) is 11.2. The Kier molecular flexibility index (Phi) is 4.03. The third kappa shape index (κ3) is 2.72. The van der Waals surface area contributed by atoms with Crippen LogP contribution in [0.15, 0.2) is 97.6 Å². The topological polar surface area (TPSA) is 4.93 Å². The molecule has 1 nitrogen and oxygen atoms in total. The molecule has 1 aromatic heterocycles. The van der Waals surface area contributed by atoms with Gasteiger partial charge in [0, 0.05) is 21.5 Å². The van der Waals surface area contributed by atoms with Crippen molar-refractivity contribution in [2.45, 2.75) is 0 Å². The molecule has 0 unspecified atom stereocenters. The van der Waals surface area contributed by atoms with Gasteiger partial charge in [-0.05, 0) is 59.2 Å². The fourth-order valence-electron chi connectivity index (χ4n) is 3.84. The molecule has 0 saturated heterocycles. The second kappa shape index (κ2) is 6.70. The number of halogens is 1. The van der Waals surface area contributed by atoms with Crippen LogP contribution in [0.5, 0.6) is 0 Å². The van der Waals surface area contributed by atoms with Crippen molar-refractivity contribution >= 4 is 39.5 Å². The molecule has 4 aromatic carbocycles. The largest absolute Gasteiger partial charge is 0.309 e. The van der Waals surface area contributed by atoms with Gasteiger partial charge in [0.2, 0.25) is 0 Å². The Morgan fingerprint density at radius 2 is 1.32 bits per heavy atom. The number of para-hydroxylation sites is 1. The highest BCUT2D eigenvalue weighted by Crippen LogP contribution is 2.36. The summed E-state index contributed by atoms with van der Waals surface area (Å²) in [7, 11) is 0. The molecule has 0 fully saturated rings. The first-order valence-electron chi connectivity index (χ1n) is 9.26. The summed E-state index contributed by atoms with van der Waals surface area (Å²) >= 11 is 6.35. The van der Waals surface area contributed by atoms with Crippen molar-refractivity contribution in [3.05, 3.63) is 108 Å². The highest BCUT2D eigenvalue weighted by atomic mass is 35.5. The van der Waals surface area contributed by atoms with Crippen molar-refractivity contribution in [3.63, 3.8) is 0 Å². The van der Waals surface area contributed by atoms with Crippen LogP contribution in [0.1, 0.15) is 5.56 Å². The number of nitrogens with zero attached hydrogens (tertiary/aromatic N) is 1. The quantitative estimate of drug-likeness (QED) is 0.302. The van der Waals surface area contributed by atoms with Crippen molar-refractivity contribution in [2.24, 2.45) is 0 Å². The number of hydrogen-bond donors (Lipinski definition) is 0. The summed E-state index contributed by atoms with van der Waals surface area (Å²) in [6.45, 7) is 3.83. The molecule has 0 aliphatic heterocycles. The van der Waals surface area contributed by atoms with Gasteiger partial charge >= 0.3 is 0 Å². The van der Waals surface area contributed by atoms with Gasteiger partial charge in [0.05, 0.1) is 11.0 Å². The Labute approximate surface area is 169 Å². The molecular weight excluding hydrogens is 362 g/mol. The fourth-order valence-corrected chi connectivity index (χ4v) is 4.01. The lowest BCUT2D eigenvalue weighted by molar-refractivity contribution is 1.18. The Hall–Kier alpha value is -3.29. The van der Waals surface area contributed by atoms with Crippen molar-refractivity contribution in [1.29, 1.82) is 0 Å². The van der Waals surface area contributed by atoms with Crippen molar-refractivity contribution < 1.29 is 0 Å². The number of aromatic nitrogens is 1. The molecule has 134 valence electrons. The number of hydrogen-bond acceptors (Lipinski definition) is 0. The summed E-state index contributed by atoms with van der Waals surface area (Å²) < 4.78 is 2.30. The van der Waals surface area contributed by atoms with Crippen LogP contribution in [-0.4, -0.2) is 4.57 Å². The molecule has 0 bridgehead atoms. The minimum atomic E-state index is 0.750. The summed E-state index contributed by atoms with van der Waals surface area (Å²) in [5, 5.41) is 3.11. The van der Waals surface area contributed by atoms with E-state index < -0.39 is 0 Å². The zero-order valence-corrected chi connectivity index (χ0v) is 16.0. The Balaban J connectivity index is 1.80. The maximum atomic E-state index is 6.35. The minimum Gasteiger partial charge on any atom is -0.309 e. The summed E-state index contributed by atoms with van der Waals surface area (Å²) in [5.74, 6) is 0. The summed E-state index contributed by atoms with van der Waals surface area (Å²) in [6, 6.07) is 31.7. The Bertz CT molecular complexity index is 1310. The number of benzene rings is 4. The van der Waals surface area contributed by atoms with E-state index in [0.717, 1.165) is 27.2 Å². The average Bonchev–Trinajstić information content (AvgIpc) is 3.07. The first-order chi connectivity index (χ1) is 13.7. The van der Waals surface area contributed by atoms with Crippen molar-refractivity contribution in [2.75, 3.05) is 0 Å². The zero-order valence-electron chi connectivity index (χ0n) is 15.3. The maximum absolute atomic E-state index is 6.35. The molecule has 0 N–H and O–H groups in total. The van der Waals surface area contributed by atoms with Crippen LogP contribution < -0.4 is 0 Å². The second-order valence-corrected chi connectivity index (χ2v) is 7.33. The van der Waals surface area contributed by atoms with E-state index in [2.05, 4.69) is 90.0 Å². The fraction of sp³-hybridized carbons (Fsp3) is 0. The first-order valence-corrected chi connectivity index (χ1v) is 9.64. The standard InChI is InChI=1S/C26H18ClN/c1-2-18-8-10-19(11-9-18)20-12-14-25-23(16-20)24-17-21(27)13-15-26(24)28(25)22-6-4-3-5-7-22/h2-17H,1H2. The molecule has 28 heavy (non-hydrogen) atoms. The van der Waals surface area contributed by atoms with Gasteiger partial charge in [-0.15, -0.1) is 0 Å². The Morgan fingerprint density at radius 1 is 0.679 bits per heavy atom. The second-order valence-electron chi connectivity index (χ2n) is 6.89. The van der Waals surface area contributed by atoms with Gasteiger partial charge in [0.1, 0.15) is 0 Å². The SMILES string of the molecule is C=Cc1ccc(-c2ccc3c(c2)c2cc(Cl)ccc2n3-c2ccccc2)cc1. The molecule has 2 heteroatoms. The average molecular weight is 380 g/mol. The van der Waals surface area contributed by atoms with Gasteiger partial charge < -0.3 is 4.57 Å². The molecule has 0 atom stereocenters. The van der Waals surface area contributed by atoms with Crippen LogP contribution in [-0.2, 0) is 0 Å². The van der Waals surface area contributed by atoms with E-state index in [0.29, 0.717) is 0 Å². The molecule has 0 aliphatic carbocycles. The Morgan fingerprint density at radius 3 is 2.04 bits per heavy atom. The molecule has 0 saturated carbocycles. The number of rotatable bonds is 3. The third-order valence-electron chi connectivity index (χ3n) is 5.22. The van der Waals surface area contributed by atoms with Crippen molar-refractivity contribution in [1.82, 2.24) is 4.57 Å². The summed E-state index contributed by atoms with van der Waals surface area (Å²) in [6.07, 6.45) is 1.86. The minimum absolute atomic E-state index is 0.750. The molecule has 0 aliphatic rings. The molecule has 0 amide bonds. The molecule has 0 radical (unpaired) electrons. The monoisotopic (exact) mass is 379 g/mol. The molecule has 1 heterocycles. The van der Waals surface area contributed by atoms with Crippen LogP contribution >= 0.6 is 11.6 Å². The smallest absolute Gasteiger partial charge is 0.0542 e. The summed E-state index contributed by atoms with van der Waals surface area (Å²) in [5.41, 5.74) is 6.98. The van der Waals surface area contributed by atoms with E-state index in [9.17, 15) is 0 Å². The third-order valence-corrected chi connectivity index (χ3v) is 5.46. The zero-order chi connectivity index (χ0) is 19.1. The van der Waals surface area contributed by atoms with E-state index in [1.165, 1.54) is 22.0 Å². The van der Waals surface area contributed by atoms with E-state index in [4.69, 9.17) is 11.6 Å². The van der Waals surface area contributed by atoms with Gasteiger partial charge in [-0.1, -0.05) is 72.8 Å². The lowest BCUT2D eigenvalue weighted by Gasteiger charge is -2.08. The lowest BCUT2D eigenvalue weighted by Crippen LogP contribution is -1.92. The maximum Gasteiger partial charge on any atom is 0.0542 e. The van der Waals surface area contributed by atoms with Crippen LogP contribution in [0, 0.1) is 0 Å². The molecule has 0 spiro atoms. The summed E-state index contributed by atoms with van der Waals surface area (Å²) in [4.78, 5) is 0. The lowest BCUT2D eigenvalue weighted by atomic mass is 10.0. The van der Waals surface area contributed by atoms with Crippen LogP contribution in [0.4, 0.5) is 0 Å². The van der Waals surface area contributed by atoms with E-state index in [1.54, 1.807) is 0 Å². The van der Waals surface area contributed by atoms with Gasteiger partial charge in [0.25, 0.3) is 0 Å². The van der Waals surface area contributed by atoms with Gasteiger partial charge in [0.15, 0.2) is 0 Å². The van der Waals surface area contributed by atoms with Gasteiger partial charge in [-0.3, -0.25) is 0 Å². The van der Waals surface area contributed by atoms with E-state index >= 15 is 0 Å². The van der Waals surface area contributed by atoms with Crippen LogP contribution in [0.25, 0.3) is 44.7 Å². The van der Waals surface area contributed by atoms with Crippen LogP contribution in [0.2, 0.25) is 5.02 Å². The predicted molar refractivity (Wildman–Crippen MR) is 121 cm³/mol. The van der Waals surface area contributed by atoms with E-state index in [1.807, 2.05) is 18.2 Å². The highest BCUT2D eigenvalue weighted by molar-refractivity contribution is 6.32.